The first-order chi connectivity index (χ1) is 22.6. The molecule has 46 heavy (non-hydrogen) atoms. The lowest BCUT2D eigenvalue weighted by molar-refractivity contribution is -0.113. The van der Waals surface area contributed by atoms with Crippen molar-refractivity contribution in [2.45, 2.75) is 19.3 Å². The first kappa shape index (κ1) is 30.6. The molecule has 1 N–H and O–H groups in total. The van der Waals surface area contributed by atoms with E-state index in [1.165, 1.54) is 37.4 Å². The number of nitrogens with one attached hydrogen (secondary N) is 1. The Morgan fingerprint density at radius 1 is 0.935 bits per heavy atom. The highest BCUT2D eigenvalue weighted by Gasteiger charge is 2.21. The summed E-state index contributed by atoms with van der Waals surface area (Å²) in [6, 6.07) is 18.6. The van der Waals surface area contributed by atoms with Gasteiger partial charge in [0, 0.05) is 40.4 Å². The molecule has 9 nitrogen and oxygen atoms in total. The molecule has 2 aliphatic rings. The molecule has 9 heteroatoms. The van der Waals surface area contributed by atoms with E-state index in [9.17, 15) is 9.59 Å². The van der Waals surface area contributed by atoms with Crippen LogP contribution < -0.4 is 19.5 Å². The highest BCUT2D eigenvalue weighted by Crippen LogP contribution is 2.37. The number of aromatic nitrogens is 2. The number of nitrogens with zero attached hydrogens (tertiary/aromatic N) is 3. The molecule has 232 valence electrons. The van der Waals surface area contributed by atoms with E-state index < -0.39 is 0 Å². The van der Waals surface area contributed by atoms with Gasteiger partial charge >= 0.3 is 0 Å². The first-order valence-corrected chi connectivity index (χ1v) is 15.3. The van der Waals surface area contributed by atoms with Crippen molar-refractivity contribution in [3.63, 3.8) is 0 Å². The highest BCUT2D eigenvalue weighted by molar-refractivity contribution is 6.34. The van der Waals surface area contributed by atoms with Gasteiger partial charge in [0.15, 0.2) is 23.1 Å². The molecular formula is C37H34N4O5. The summed E-state index contributed by atoms with van der Waals surface area (Å²) >= 11 is 0. The summed E-state index contributed by atoms with van der Waals surface area (Å²) in [7, 11) is 1.60. The summed E-state index contributed by atoms with van der Waals surface area (Å²) in [5.41, 5.74) is 2.85. The standard InChI is InChI=1S/C37H34N4O5/c1-44-35-23-31-33(24-36(35)46-20-8-18-41-16-5-6-17-41)38-25-39-37(31)40-32-14-13-28(45-19-7-11-26-9-3-2-4-10-26)22-29(32)30-21-27(42)12-15-34(30)43/h2-4,9-10,12-15,21-25H,5-6,8,16-20H2,1H3,(H,38,39,40). The van der Waals surface area contributed by atoms with Crippen LogP contribution in [0.1, 0.15) is 30.4 Å². The Labute approximate surface area is 267 Å². The second kappa shape index (κ2) is 14.5. The molecule has 1 saturated heterocycles. The minimum atomic E-state index is -0.288. The Morgan fingerprint density at radius 2 is 1.78 bits per heavy atom. The summed E-state index contributed by atoms with van der Waals surface area (Å²) in [6.07, 6.45) is 8.79. The van der Waals surface area contributed by atoms with Gasteiger partial charge in [-0.25, -0.2) is 9.97 Å². The molecule has 6 rings (SSSR count). The Morgan fingerprint density at radius 3 is 2.61 bits per heavy atom. The van der Waals surface area contributed by atoms with Crippen LogP contribution in [-0.4, -0.2) is 66.4 Å². The average Bonchev–Trinajstić information content (AvgIpc) is 3.61. The first-order valence-electron chi connectivity index (χ1n) is 15.3. The molecule has 0 atom stereocenters. The van der Waals surface area contributed by atoms with Crippen molar-refractivity contribution in [1.82, 2.24) is 14.9 Å². The van der Waals surface area contributed by atoms with Crippen molar-refractivity contribution in [3.8, 4) is 29.1 Å². The number of anilines is 2. The predicted octanol–water partition coefficient (Wildman–Crippen LogP) is 5.77. The van der Waals surface area contributed by atoms with Crippen molar-refractivity contribution in [3.05, 3.63) is 96.3 Å². The zero-order valence-electron chi connectivity index (χ0n) is 25.6. The summed E-state index contributed by atoms with van der Waals surface area (Å²) in [6.45, 7) is 4.04. The largest absolute Gasteiger partial charge is 0.493 e. The van der Waals surface area contributed by atoms with Crippen LogP contribution in [0.3, 0.4) is 0 Å². The van der Waals surface area contributed by atoms with Gasteiger partial charge in [0.2, 0.25) is 0 Å². The molecule has 0 unspecified atom stereocenters. The maximum absolute atomic E-state index is 12.9. The summed E-state index contributed by atoms with van der Waals surface area (Å²) in [4.78, 5) is 36.7. The van der Waals surface area contributed by atoms with Gasteiger partial charge in [0.25, 0.3) is 0 Å². The second-order valence-corrected chi connectivity index (χ2v) is 10.9. The molecule has 0 saturated carbocycles. The number of ketones is 2. The number of ether oxygens (including phenoxy) is 3. The molecule has 0 bridgehead atoms. The van der Waals surface area contributed by atoms with Crippen molar-refractivity contribution in [2.24, 2.45) is 0 Å². The van der Waals surface area contributed by atoms with Gasteiger partial charge in [0.05, 0.1) is 19.2 Å². The molecule has 1 aliphatic heterocycles. The number of rotatable bonds is 11. The van der Waals surface area contributed by atoms with Crippen molar-refractivity contribution in [2.75, 3.05) is 45.3 Å². The number of allylic oxidation sites excluding steroid dienone is 4. The van der Waals surface area contributed by atoms with E-state index >= 15 is 0 Å². The quantitative estimate of drug-likeness (QED) is 0.128. The highest BCUT2D eigenvalue weighted by atomic mass is 16.5. The van der Waals surface area contributed by atoms with Gasteiger partial charge < -0.3 is 24.4 Å². The van der Waals surface area contributed by atoms with E-state index in [1.807, 2.05) is 42.5 Å². The van der Waals surface area contributed by atoms with Crippen LogP contribution >= 0.6 is 0 Å². The van der Waals surface area contributed by atoms with E-state index in [2.05, 4.69) is 32.0 Å². The normalized spacial score (nSPS) is 14.5. The molecule has 1 aromatic heterocycles. The van der Waals surface area contributed by atoms with Crippen LogP contribution in [0.15, 0.2) is 85.2 Å². The third-order valence-electron chi connectivity index (χ3n) is 7.80. The van der Waals surface area contributed by atoms with Crippen molar-refractivity contribution in [1.29, 1.82) is 0 Å². The summed E-state index contributed by atoms with van der Waals surface area (Å²) < 4.78 is 17.7. The summed E-state index contributed by atoms with van der Waals surface area (Å²) in [5.74, 6) is 7.68. The minimum absolute atomic E-state index is 0.145. The number of benzene rings is 3. The van der Waals surface area contributed by atoms with E-state index in [1.54, 1.807) is 25.3 Å². The van der Waals surface area contributed by atoms with Crippen molar-refractivity contribution >= 4 is 39.5 Å². The zero-order chi connectivity index (χ0) is 31.7. The van der Waals surface area contributed by atoms with E-state index in [0.717, 1.165) is 31.6 Å². The third-order valence-corrected chi connectivity index (χ3v) is 7.80. The Hall–Kier alpha value is -5.46. The number of carbonyl (C=O) groups is 2. The van der Waals surface area contributed by atoms with Gasteiger partial charge in [-0.2, -0.15) is 0 Å². The van der Waals surface area contributed by atoms with Crippen LogP contribution in [0.4, 0.5) is 11.5 Å². The van der Waals surface area contributed by atoms with Crippen LogP contribution in [0.25, 0.3) is 16.5 Å². The fraction of sp³-hybridized carbons (Fsp3) is 0.243. The smallest absolute Gasteiger partial charge is 0.186 e. The fourth-order valence-corrected chi connectivity index (χ4v) is 5.48. The molecule has 1 fully saturated rings. The van der Waals surface area contributed by atoms with Crippen LogP contribution in [0.5, 0.6) is 17.2 Å². The molecule has 0 amide bonds. The molecule has 0 spiro atoms. The molecular weight excluding hydrogens is 580 g/mol. The second-order valence-electron chi connectivity index (χ2n) is 10.9. The SMILES string of the molecule is COc1cc2c(Nc3ccc(OCC#Cc4ccccc4)cc3C3=CC(=O)C=CC3=O)ncnc2cc1OCCCN1CCCC1. The zero-order valence-corrected chi connectivity index (χ0v) is 25.6. The number of carbonyl (C=O) groups excluding carboxylic acids is 2. The van der Waals surface area contributed by atoms with E-state index in [-0.39, 0.29) is 23.7 Å². The number of likely N-dealkylation sites (tertiary alicyclic amines) is 1. The van der Waals surface area contributed by atoms with Gasteiger partial charge in [-0.05, 0) is 87.0 Å². The number of fused-ring (bicyclic) bond motifs is 1. The van der Waals surface area contributed by atoms with E-state index in [4.69, 9.17) is 14.2 Å². The van der Waals surface area contributed by atoms with Crippen molar-refractivity contribution < 1.29 is 23.8 Å². The monoisotopic (exact) mass is 614 g/mol. The van der Waals surface area contributed by atoms with Gasteiger partial charge in [-0.3, -0.25) is 9.59 Å². The average molecular weight is 615 g/mol. The van der Waals surface area contributed by atoms with Gasteiger partial charge in [0.1, 0.15) is 24.5 Å². The maximum atomic E-state index is 12.9. The Balaban J connectivity index is 1.25. The molecule has 3 aromatic carbocycles. The number of hydrogen-bond donors (Lipinski definition) is 1. The van der Waals surface area contributed by atoms with Gasteiger partial charge in [-0.1, -0.05) is 30.0 Å². The van der Waals surface area contributed by atoms with Crippen LogP contribution in [-0.2, 0) is 9.59 Å². The maximum Gasteiger partial charge on any atom is 0.186 e. The Bertz CT molecular complexity index is 1870. The molecule has 4 aromatic rings. The summed E-state index contributed by atoms with van der Waals surface area (Å²) in [5, 5.41) is 4.05. The molecule has 2 heterocycles. The number of methoxy groups -OCH3 is 1. The lowest BCUT2D eigenvalue weighted by atomic mass is 9.94. The minimum Gasteiger partial charge on any atom is -0.493 e. The fourth-order valence-electron chi connectivity index (χ4n) is 5.48. The van der Waals surface area contributed by atoms with E-state index in [0.29, 0.717) is 51.8 Å². The Kier molecular flexibility index (Phi) is 9.66. The number of hydrogen-bond acceptors (Lipinski definition) is 9. The van der Waals surface area contributed by atoms with Gasteiger partial charge in [-0.15, -0.1) is 0 Å². The third kappa shape index (κ3) is 7.42. The predicted molar refractivity (Wildman–Crippen MR) is 178 cm³/mol. The lowest BCUT2D eigenvalue weighted by Crippen LogP contribution is -2.21. The molecule has 1 aliphatic carbocycles. The molecule has 0 radical (unpaired) electrons. The van der Waals surface area contributed by atoms with Crippen LogP contribution in [0, 0.1) is 11.8 Å². The van der Waals surface area contributed by atoms with Crippen LogP contribution in [0.2, 0.25) is 0 Å². The topological polar surface area (TPSA) is 103 Å². The lowest BCUT2D eigenvalue weighted by Gasteiger charge is -2.18.